The van der Waals surface area contributed by atoms with E-state index in [2.05, 4.69) is 50.4 Å². The molecule has 0 spiro atoms. The first-order valence-electron chi connectivity index (χ1n) is 11.0. The minimum absolute atomic E-state index is 0.0477. The van der Waals surface area contributed by atoms with Crippen molar-refractivity contribution in [1.29, 1.82) is 0 Å². The van der Waals surface area contributed by atoms with Crippen molar-refractivity contribution >= 4 is 24.3 Å². The van der Waals surface area contributed by atoms with Gasteiger partial charge in [-0.3, -0.25) is 0 Å². The molecule has 0 amide bonds. The Labute approximate surface area is 197 Å². The standard InChI is InChI=1S/C23H33FN4O3SSi/c1-7-32(29,30)28-13-11-27(12-14-28)22-25-15-19(16-26-22)20-10-8-9-18(21(20)24)17-31-33(5,6)23(2,3)4/h7-10,15-16H,1,11-14,17H2,2-6H3. The number of halogens is 1. The van der Waals surface area contributed by atoms with Gasteiger partial charge in [-0.05, 0) is 18.1 Å². The smallest absolute Gasteiger partial charge is 0.235 e. The topological polar surface area (TPSA) is 75.6 Å². The maximum atomic E-state index is 15.3. The van der Waals surface area contributed by atoms with Crippen LogP contribution in [0.2, 0.25) is 18.1 Å². The lowest BCUT2D eigenvalue weighted by Gasteiger charge is -2.36. The minimum Gasteiger partial charge on any atom is -0.412 e. The summed E-state index contributed by atoms with van der Waals surface area (Å²) in [5, 5.41) is 1.01. The van der Waals surface area contributed by atoms with Gasteiger partial charge in [0.05, 0.1) is 6.61 Å². The molecule has 0 atom stereocenters. The molecule has 33 heavy (non-hydrogen) atoms. The van der Waals surface area contributed by atoms with Crippen LogP contribution in [0.25, 0.3) is 11.1 Å². The van der Waals surface area contributed by atoms with Gasteiger partial charge in [0.2, 0.25) is 16.0 Å². The zero-order valence-electron chi connectivity index (χ0n) is 20.0. The lowest BCUT2D eigenvalue weighted by molar-refractivity contribution is 0.271. The van der Waals surface area contributed by atoms with Gasteiger partial charge in [0, 0.05) is 60.7 Å². The number of hydrogen-bond donors (Lipinski definition) is 0. The van der Waals surface area contributed by atoms with E-state index < -0.39 is 18.3 Å². The van der Waals surface area contributed by atoms with Crippen LogP contribution in [0.1, 0.15) is 26.3 Å². The Balaban J connectivity index is 1.71. The van der Waals surface area contributed by atoms with Crippen LogP contribution < -0.4 is 4.90 Å². The van der Waals surface area contributed by atoms with E-state index in [1.54, 1.807) is 24.5 Å². The van der Waals surface area contributed by atoms with Crippen LogP contribution in [0.4, 0.5) is 10.3 Å². The molecule has 2 heterocycles. The highest BCUT2D eigenvalue weighted by Gasteiger charge is 2.37. The normalized spacial score (nSPS) is 16.1. The molecule has 0 radical (unpaired) electrons. The van der Waals surface area contributed by atoms with Crippen molar-refractivity contribution in [2.45, 2.75) is 45.5 Å². The molecule has 1 saturated heterocycles. The van der Waals surface area contributed by atoms with E-state index in [0.717, 1.165) is 5.41 Å². The van der Waals surface area contributed by atoms with E-state index in [0.29, 0.717) is 48.8 Å². The summed E-state index contributed by atoms with van der Waals surface area (Å²) < 4.78 is 46.7. The van der Waals surface area contributed by atoms with Gasteiger partial charge in [0.1, 0.15) is 5.82 Å². The second-order valence-electron chi connectivity index (χ2n) is 9.70. The van der Waals surface area contributed by atoms with E-state index in [-0.39, 0.29) is 17.5 Å². The maximum absolute atomic E-state index is 15.3. The number of aromatic nitrogens is 2. The van der Waals surface area contributed by atoms with Crippen molar-refractivity contribution in [3.05, 3.63) is 54.0 Å². The predicted molar refractivity (Wildman–Crippen MR) is 132 cm³/mol. The fraction of sp³-hybridized carbons (Fsp3) is 0.478. The molecule has 0 saturated carbocycles. The molecule has 0 unspecified atom stereocenters. The second kappa shape index (κ2) is 9.61. The van der Waals surface area contributed by atoms with E-state index in [1.807, 2.05) is 11.0 Å². The van der Waals surface area contributed by atoms with Crippen molar-refractivity contribution in [3.63, 3.8) is 0 Å². The van der Waals surface area contributed by atoms with Gasteiger partial charge in [-0.1, -0.05) is 45.5 Å². The molecule has 10 heteroatoms. The first-order chi connectivity index (χ1) is 15.4. The highest BCUT2D eigenvalue weighted by atomic mass is 32.2. The molecule has 1 aromatic carbocycles. The SMILES string of the molecule is C=CS(=O)(=O)N1CCN(c2ncc(-c3cccc(CO[Si](C)(C)C(C)(C)C)c3F)cn2)CC1. The number of rotatable bonds is 7. The van der Waals surface area contributed by atoms with Crippen molar-refractivity contribution < 1.29 is 17.2 Å². The molecule has 0 aliphatic carbocycles. The molecular weight excluding hydrogens is 459 g/mol. The Hall–Kier alpha value is -2.14. The van der Waals surface area contributed by atoms with Gasteiger partial charge in [0.15, 0.2) is 8.32 Å². The third-order valence-corrected chi connectivity index (χ3v) is 12.5. The predicted octanol–water partition coefficient (Wildman–Crippen LogP) is 4.40. The van der Waals surface area contributed by atoms with Crippen LogP contribution in [-0.2, 0) is 21.1 Å². The Bertz CT molecular complexity index is 1090. The second-order valence-corrected chi connectivity index (χ2v) is 16.4. The van der Waals surface area contributed by atoms with Gasteiger partial charge in [0.25, 0.3) is 0 Å². The Kier molecular flexibility index (Phi) is 7.42. The molecule has 1 aliphatic heterocycles. The molecule has 1 fully saturated rings. The van der Waals surface area contributed by atoms with Crippen molar-refractivity contribution in [3.8, 4) is 11.1 Å². The van der Waals surface area contributed by atoms with Crippen molar-refractivity contribution in [1.82, 2.24) is 14.3 Å². The third kappa shape index (κ3) is 5.68. The number of piperazine rings is 1. The molecule has 1 aromatic heterocycles. The molecule has 1 aliphatic rings. The zero-order chi connectivity index (χ0) is 24.4. The summed E-state index contributed by atoms with van der Waals surface area (Å²) in [6.45, 7) is 16.0. The monoisotopic (exact) mass is 492 g/mol. The van der Waals surface area contributed by atoms with Crippen LogP contribution in [-0.4, -0.2) is 57.2 Å². The first-order valence-corrected chi connectivity index (χ1v) is 15.4. The Morgan fingerprint density at radius 3 is 2.30 bits per heavy atom. The summed E-state index contributed by atoms with van der Waals surface area (Å²) in [6.07, 6.45) is 3.21. The van der Waals surface area contributed by atoms with Crippen molar-refractivity contribution in [2.24, 2.45) is 0 Å². The average molecular weight is 493 g/mol. The summed E-state index contributed by atoms with van der Waals surface area (Å²) in [4.78, 5) is 10.7. The first kappa shape index (κ1) is 25.5. The Morgan fingerprint density at radius 2 is 1.76 bits per heavy atom. The minimum atomic E-state index is -3.42. The average Bonchev–Trinajstić information content (AvgIpc) is 2.78. The van der Waals surface area contributed by atoms with Gasteiger partial charge in [-0.25, -0.2) is 22.8 Å². The van der Waals surface area contributed by atoms with Crippen LogP contribution in [0.15, 0.2) is 42.6 Å². The van der Waals surface area contributed by atoms with E-state index >= 15 is 4.39 Å². The quantitative estimate of drug-likeness (QED) is 0.533. The largest absolute Gasteiger partial charge is 0.412 e. The molecule has 0 bridgehead atoms. The lowest BCUT2D eigenvalue weighted by Crippen LogP contribution is -2.48. The van der Waals surface area contributed by atoms with E-state index in [4.69, 9.17) is 4.43 Å². The fourth-order valence-corrected chi connectivity index (χ4v) is 5.09. The zero-order valence-corrected chi connectivity index (χ0v) is 21.8. The van der Waals surface area contributed by atoms with Gasteiger partial charge in [-0.15, -0.1) is 0 Å². The molecule has 3 rings (SSSR count). The molecule has 2 aromatic rings. The third-order valence-electron chi connectivity index (χ3n) is 6.51. The Morgan fingerprint density at radius 1 is 1.15 bits per heavy atom. The molecule has 7 nitrogen and oxygen atoms in total. The highest BCUT2D eigenvalue weighted by Crippen LogP contribution is 2.37. The van der Waals surface area contributed by atoms with Crippen LogP contribution in [0, 0.1) is 5.82 Å². The van der Waals surface area contributed by atoms with Gasteiger partial charge < -0.3 is 9.33 Å². The summed E-state index contributed by atoms with van der Waals surface area (Å²) >= 11 is 0. The number of sulfonamides is 1. The van der Waals surface area contributed by atoms with E-state index in [1.165, 1.54) is 4.31 Å². The number of benzene rings is 1. The fourth-order valence-electron chi connectivity index (χ4n) is 3.26. The number of anilines is 1. The van der Waals surface area contributed by atoms with Crippen LogP contribution in [0.5, 0.6) is 0 Å². The number of hydrogen-bond acceptors (Lipinski definition) is 6. The molecule has 0 N–H and O–H groups in total. The summed E-state index contributed by atoms with van der Waals surface area (Å²) in [7, 11) is -5.42. The molecular formula is C23H33FN4O3SSi. The van der Waals surface area contributed by atoms with E-state index in [9.17, 15) is 8.42 Å². The summed E-state index contributed by atoms with van der Waals surface area (Å²) in [5.41, 5.74) is 1.53. The summed E-state index contributed by atoms with van der Waals surface area (Å²) in [6, 6.07) is 5.27. The van der Waals surface area contributed by atoms with Gasteiger partial charge >= 0.3 is 0 Å². The summed E-state index contributed by atoms with van der Waals surface area (Å²) in [5.74, 6) is 0.169. The van der Waals surface area contributed by atoms with Crippen LogP contribution in [0.3, 0.4) is 0 Å². The van der Waals surface area contributed by atoms with Gasteiger partial charge in [-0.2, -0.15) is 4.31 Å². The van der Waals surface area contributed by atoms with Crippen molar-refractivity contribution in [2.75, 3.05) is 31.1 Å². The molecule has 180 valence electrons. The lowest BCUT2D eigenvalue weighted by atomic mass is 10.1. The maximum Gasteiger partial charge on any atom is 0.235 e. The van der Waals surface area contributed by atoms with Crippen LogP contribution >= 0.6 is 0 Å². The highest BCUT2D eigenvalue weighted by molar-refractivity contribution is 7.92. The number of nitrogens with zero attached hydrogens (tertiary/aromatic N) is 4.